The maximum absolute atomic E-state index is 6.21. The molecule has 0 aliphatic rings. The summed E-state index contributed by atoms with van der Waals surface area (Å²) >= 11 is 1.65. The molecule has 1 unspecified atom stereocenters. The molecule has 2 rings (SSSR count). The number of nitrogens with two attached hydrogens (primary N) is 1. The number of thiophene rings is 1. The van der Waals surface area contributed by atoms with E-state index in [2.05, 4.69) is 18.0 Å². The van der Waals surface area contributed by atoms with Crippen molar-refractivity contribution in [2.24, 2.45) is 5.73 Å². The van der Waals surface area contributed by atoms with Crippen LogP contribution in [0.2, 0.25) is 0 Å². The zero-order valence-electron chi connectivity index (χ0n) is 9.31. The second-order valence-corrected chi connectivity index (χ2v) is 4.48. The van der Waals surface area contributed by atoms with E-state index in [9.17, 15) is 0 Å². The first-order chi connectivity index (χ1) is 7.74. The molecule has 3 nitrogen and oxygen atoms in total. The summed E-state index contributed by atoms with van der Waals surface area (Å²) in [5, 5.41) is 2.04. The van der Waals surface area contributed by atoms with E-state index in [-0.39, 0.29) is 6.04 Å². The predicted molar refractivity (Wildman–Crippen MR) is 65.9 cm³/mol. The summed E-state index contributed by atoms with van der Waals surface area (Å²) in [5.41, 5.74) is 8.19. The average molecular weight is 234 g/mol. The van der Waals surface area contributed by atoms with E-state index < -0.39 is 0 Å². The van der Waals surface area contributed by atoms with Crippen LogP contribution < -0.4 is 10.5 Å². The minimum Gasteiger partial charge on any atom is -0.495 e. The number of aromatic nitrogens is 1. The lowest BCUT2D eigenvalue weighted by atomic mass is 10.1. The maximum Gasteiger partial charge on any atom is 0.142 e. The monoisotopic (exact) mass is 234 g/mol. The highest BCUT2D eigenvalue weighted by Crippen LogP contribution is 2.30. The number of aryl methyl sites for hydroxylation is 1. The molecule has 1 atom stereocenters. The molecule has 0 saturated carbocycles. The molecule has 4 heteroatoms. The minimum absolute atomic E-state index is 0.212. The molecule has 0 saturated heterocycles. The van der Waals surface area contributed by atoms with Crippen LogP contribution in [-0.2, 0) is 0 Å². The first kappa shape index (κ1) is 11.1. The number of nitrogens with zero attached hydrogens (tertiary/aromatic N) is 1. The first-order valence-electron chi connectivity index (χ1n) is 5.02. The molecule has 0 amide bonds. The first-order valence-corrected chi connectivity index (χ1v) is 5.90. The molecule has 2 aromatic rings. The second-order valence-electron chi connectivity index (χ2n) is 3.54. The van der Waals surface area contributed by atoms with Crippen molar-refractivity contribution in [2.45, 2.75) is 13.0 Å². The molecule has 0 bridgehead atoms. The maximum atomic E-state index is 6.21. The Morgan fingerprint density at radius 2 is 2.25 bits per heavy atom. The van der Waals surface area contributed by atoms with Gasteiger partial charge in [0.05, 0.1) is 13.2 Å². The molecule has 2 N–H and O–H groups in total. The fourth-order valence-electron chi connectivity index (χ4n) is 1.64. The van der Waals surface area contributed by atoms with Gasteiger partial charge in [-0.15, -0.1) is 11.3 Å². The van der Waals surface area contributed by atoms with Gasteiger partial charge in [0.1, 0.15) is 11.4 Å². The van der Waals surface area contributed by atoms with Crippen molar-refractivity contribution in [2.75, 3.05) is 7.11 Å². The van der Waals surface area contributed by atoms with Crippen molar-refractivity contribution in [1.29, 1.82) is 0 Å². The summed E-state index contributed by atoms with van der Waals surface area (Å²) < 4.78 is 5.27. The third-order valence-corrected chi connectivity index (χ3v) is 3.60. The second kappa shape index (κ2) is 4.63. The molecule has 84 valence electrons. The normalized spacial score (nSPS) is 12.4. The highest BCUT2D eigenvalue weighted by molar-refractivity contribution is 7.10. The van der Waals surface area contributed by atoms with Crippen LogP contribution in [-0.4, -0.2) is 12.1 Å². The smallest absolute Gasteiger partial charge is 0.142 e. The van der Waals surface area contributed by atoms with Crippen LogP contribution in [0.1, 0.15) is 22.2 Å². The Bertz CT molecular complexity index is 481. The molecule has 0 aliphatic carbocycles. The van der Waals surface area contributed by atoms with Gasteiger partial charge in [0.15, 0.2) is 0 Å². The Morgan fingerprint density at radius 3 is 2.88 bits per heavy atom. The van der Waals surface area contributed by atoms with Gasteiger partial charge in [-0.2, -0.15) is 0 Å². The third-order valence-electron chi connectivity index (χ3n) is 2.50. The zero-order valence-corrected chi connectivity index (χ0v) is 10.1. The number of ether oxygens (including phenoxy) is 1. The topological polar surface area (TPSA) is 48.1 Å². The molecule has 0 aromatic carbocycles. The molecule has 0 aliphatic heterocycles. The predicted octanol–water partition coefficient (Wildman–Crippen LogP) is 2.51. The standard InChI is InChI=1S/C12H14N2OS/c1-8-5-7-16-12(8)10(13)11-9(15-2)4-3-6-14-11/h3-7,10H,13H2,1-2H3. The van der Waals surface area contributed by atoms with E-state index in [0.717, 1.165) is 16.3 Å². The summed E-state index contributed by atoms with van der Waals surface area (Å²) in [6.07, 6.45) is 1.74. The number of rotatable bonds is 3. The van der Waals surface area contributed by atoms with Crippen molar-refractivity contribution in [3.63, 3.8) is 0 Å². The van der Waals surface area contributed by atoms with Gasteiger partial charge in [0, 0.05) is 11.1 Å². The van der Waals surface area contributed by atoms with Crippen molar-refractivity contribution in [3.8, 4) is 5.75 Å². The van der Waals surface area contributed by atoms with Crippen LogP contribution in [0.4, 0.5) is 0 Å². The lowest BCUT2D eigenvalue weighted by Crippen LogP contribution is -2.14. The van der Waals surface area contributed by atoms with E-state index in [0.29, 0.717) is 0 Å². The lowest BCUT2D eigenvalue weighted by molar-refractivity contribution is 0.405. The summed E-state index contributed by atoms with van der Waals surface area (Å²) in [5.74, 6) is 0.739. The van der Waals surface area contributed by atoms with Gasteiger partial charge in [0.25, 0.3) is 0 Å². The van der Waals surface area contributed by atoms with Gasteiger partial charge >= 0.3 is 0 Å². The number of methoxy groups -OCH3 is 1. The highest BCUT2D eigenvalue weighted by Gasteiger charge is 2.17. The summed E-state index contributed by atoms with van der Waals surface area (Å²) in [6.45, 7) is 2.06. The van der Waals surface area contributed by atoms with Gasteiger partial charge in [-0.25, -0.2) is 0 Å². The van der Waals surface area contributed by atoms with E-state index in [1.54, 1.807) is 24.6 Å². The molecule has 16 heavy (non-hydrogen) atoms. The lowest BCUT2D eigenvalue weighted by Gasteiger charge is -2.13. The van der Waals surface area contributed by atoms with Crippen molar-refractivity contribution in [1.82, 2.24) is 4.98 Å². The van der Waals surface area contributed by atoms with Gasteiger partial charge in [-0.1, -0.05) is 0 Å². The molecular formula is C12H14N2OS. The van der Waals surface area contributed by atoms with E-state index in [4.69, 9.17) is 10.5 Å². The number of hydrogen-bond donors (Lipinski definition) is 1. The minimum atomic E-state index is -0.212. The molecule has 2 heterocycles. The highest BCUT2D eigenvalue weighted by atomic mass is 32.1. The molecule has 0 fully saturated rings. The number of hydrogen-bond acceptors (Lipinski definition) is 4. The van der Waals surface area contributed by atoms with E-state index >= 15 is 0 Å². The zero-order chi connectivity index (χ0) is 11.5. The molecular weight excluding hydrogens is 220 g/mol. The van der Waals surface area contributed by atoms with Crippen molar-refractivity contribution in [3.05, 3.63) is 45.9 Å². The van der Waals surface area contributed by atoms with Crippen LogP contribution in [0.3, 0.4) is 0 Å². The van der Waals surface area contributed by atoms with Gasteiger partial charge in [-0.05, 0) is 36.1 Å². The average Bonchev–Trinajstić information content (AvgIpc) is 2.74. The van der Waals surface area contributed by atoms with Crippen LogP contribution >= 0.6 is 11.3 Å². The van der Waals surface area contributed by atoms with Crippen LogP contribution in [0.25, 0.3) is 0 Å². The van der Waals surface area contributed by atoms with Crippen LogP contribution in [0, 0.1) is 6.92 Å². The van der Waals surface area contributed by atoms with Gasteiger partial charge < -0.3 is 10.5 Å². The summed E-state index contributed by atoms with van der Waals surface area (Å²) in [7, 11) is 1.63. The Hall–Kier alpha value is -1.39. The quantitative estimate of drug-likeness (QED) is 0.887. The van der Waals surface area contributed by atoms with E-state index in [1.165, 1.54) is 5.56 Å². The Kier molecular flexibility index (Phi) is 3.22. The number of pyridine rings is 1. The fourth-order valence-corrected chi connectivity index (χ4v) is 2.57. The van der Waals surface area contributed by atoms with Gasteiger partial charge in [-0.3, -0.25) is 4.98 Å². The third kappa shape index (κ3) is 1.94. The largest absolute Gasteiger partial charge is 0.495 e. The van der Waals surface area contributed by atoms with E-state index in [1.807, 2.05) is 17.5 Å². The Morgan fingerprint density at radius 1 is 1.44 bits per heavy atom. The molecule has 0 spiro atoms. The van der Waals surface area contributed by atoms with Crippen molar-refractivity contribution < 1.29 is 4.74 Å². The SMILES string of the molecule is COc1cccnc1C(N)c1sccc1C. The Balaban J connectivity index is 2.41. The Labute approximate surface area is 98.9 Å². The molecule has 0 radical (unpaired) electrons. The summed E-state index contributed by atoms with van der Waals surface area (Å²) in [4.78, 5) is 5.44. The van der Waals surface area contributed by atoms with Gasteiger partial charge in [0.2, 0.25) is 0 Å². The molecule has 2 aromatic heterocycles. The van der Waals surface area contributed by atoms with Crippen LogP contribution in [0.5, 0.6) is 5.75 Å². The summed E-state index contributed by atoms with van der Waals surface area (Å²) in [6, 6.07) is 5.58. The fraction of sp³-hybridized carbons (Fsp3) is 0.250. The van der Waals surface area contributed by atoms with Crippen molar-refractivity contribution >= 4 is 11.3 Å². The van der Waals surface area contributed by atoms with Crippen LogP contribution in [0.15, 0.2) is 29.8 Å².